The summed E-state index contributed by atoms with van der Waals surface area (Å²) in [6, 6.07) is -0.732. The van der Waals surface area contributed by atoms with E-state index >= 15 is 0 Å². The third-order valence-electron chi connectivity index (χ3n) is 10.0. The number of ether oxygens (including phenoxy) is 1. The summed E-state index contributed by atoms with van der Waals surface area (Å²) in [6.45, 7) is 6.19. The lowest BCUT2D eigenvalue weighted by Crippen LogP contribution is -2.46. The molecule has 60 heavy (non-hydrogen) atoms. The van der Waals surface area contributed by atoms with Crippen LogP contribution in [0, 0.1) is 0 Å². The van der Waals surface area contributed by atoms with Gasteiger partial charge in [0.25, 0.3) is 0 Å². The molecular formula is C54H87NO5. The van der Waals surface area contributed by atoms with E-state index in [9.17, 15) is 19.8 Å². The molecule has 3 atom stereocenters. The molecule has 3 N–H and O–H groups in total. The van der Waals surface area contributed by atoms with Gasteiger partial charge in [0.1, 0.15) is 6.10 Å². The summed E-state index contributed by atoms with van der Waals surface area (Å²) in [5.41, 5.74) is 0. The zero-order chi connectivity index (χ0) is 43.8. The van der Waals surface area contributed by atoms with E-state index in [1.807, 2.05) is 85.1 Å². The maximum atomic E-state index is 13.2. The van der Waals surface area contributed by atoms with Gasteiger partial charge in [-0.3, -0.25) is 9.59 Å². The number of nitrogens with one attached hydrogen (secondary N) is 1. The molecule has 0 fully saturated rings. The number of hydrogen-bond donors (Lipinski definition) is 3. The average Bonchev–Trinajstić information content (AvgIpc) is 3.24. The van der Waals surface area contributed by atoms with Gasteiger partial charge in [0.2, 0.25) is 5.91 Å². The lowest BCUT2D eigenvalue weighted by Gasteiger charge is -2.24. The van der Waals surface area contributed by atoms with Crippen molar-refractivity contribution >= 4 is 11.9 Å². The normalized spacial score (nSPS) is 14.4. The highest BCUT2D eigenvalue weighted by atomic mass is 16.5. The van der Waals surface area contributed by atoms with Gasteiger partial charge >= 0.3 is 5.97 Å². The molecule has 3 unspecified atom stereocenters. The fourth-order valence-corrected chi connectivity index (χ4v) is 6.42. The van der Waals surface area contributed by atoms with Crippen LogP contribution in [0.4, 0.5) is 0 Å². The smallest absolute Gasteiger partial charge is 0.306 e. The number of rotatable bonds is 40. The van der Waals surface area contributed by atoms with Crippen molar-refractivity contribution < 1.29 is 24.5 Å². The zero-order valence-electron chi connectivity index (χ0n) is 38.3. The number of unbranched alkanes of at least 4 members (excludes halogenated alkanes) is 16. The summed E-state index contributed by atoms with van der Waals surface area (Å²) in [4.78, 5) is 26.1. The third kappa shape index (κ3) is 41.0. The molecular weight excluding hydrogens is 743 g/mol. The lowest BCUT2D eigenvalue weighted by atomic mass is 10.0. The van der Waals surface area contributed by atoms with E-state index in [1.54, 1.807) is 0 Å². The summed E-state index contributed by atoms with van der Waals surface area (Å²) < 4.78 is 5.88. The first-order valence-corrected chi connectivity index (χ1v) is 23.9. The van der Waals surface area contributed by atoms with Gasteiger partial charge in [0.15, 0.2) is 0 Å². The van der Waals surface area contributed by atoms with Crippen LogP contribution in [0.2, 0.25) is 0 Å². The minimum atomic E-state index is -0.814. The molecule has 0 radical (unpaired) electrons. The molecule has 0 rings (SSSR count). The lowest BCUT2D eigenvalue weighted by molar-refractivity contribution is -0.151. The Labute approximate surface area is 368 Å². The number of amides is 1. The molecule has 0 heterocycles. The second-order valence-electron chi connectivity index (χ2n) is 15.7. The highest BCUT2D eigenvalue weighted by Gasteiger charge is 2.24. The van der Waals surface area contributed by atoms with E-state index in [2.05, 4.69) is 62.5 Å². The Morgan fingerprint density at radius 1 is 0.500 bits per heavy atom. The van der Waals surface area contributed by atoms with Crippen LogP contribution in [-0.2, 0) is 14.3 Å². The van der Waals surface area contributed by atoms with Crippen molar-refractivity contribution in [1.82, 2.24) is 5.32 Å². The number of esters is 1. The highest BCUT2D eigenvalue weighted by Crippen LogP contribution is 2.16. The van der Waals surface area contributed by atoms with E-state index in [0.717, 1.165) is 89.9 Å². The Bertz CT molecular complexity index is 1300. The van der Waals surface area contributed by atoms with Crippen molar-refractivity contribution in [2.24, 2.45) is 0 Å². The second-order valence-corrected chi connectivity index (χ2v) is 15.7. The molecule has 0 spiro atoms. The van der Waals surface area contributed by atoms with E-state index in [4.69, 9.17) is 4.74 Å². The fourth-order valence-electron chi connectivity index (χ4n) is 6.42. The van der Waals surface area contributed by atoms with Crippen molar-refractivity contribution in [3.8, 4) is 0 Å². The molecule has 0 aromatic rings. The summed E-state index contributed by atoms with van der Waals surface area (Å²) in [7, 11) is 0. The van der Waals surface area contributed by atoms with E-state index < -0.39 is 18.2 Å². The van der Waals surface area contributed by atoms with Crippen molar-refractivity contribution in [2.75, 3.05) is 6.61 Å². The number of hydrogen-bond acceptors (Lipinski definition) is 5. The predicted molar refractivity (Wildman–Crippen MR) is 259 cm³/mol. The maximum Gasteiger partial charge on any atom is 0.306 e. The van der Waals surface area contributed by atoms with Crippen molar-refractivity contribution in [1.29, 1.82) is 0 Å². The van der Waals surface area contributed by atoms with Gasteiger partial charge in [-0.25, -0.2) is 0 Å². The maximum absolute atomic E-state index is 13.2. The molecule has 338 valence electrons. The molecule has 0 aliphatic heterocycles. The predicted octanol–water partition coefficient (Wildman–Crippen LogP) is 14.1. The molecule has 0 aromatic carbocycles. The van der Waals surface area contributed by atoms with Crippen LogP contribution in [-0.4, -0.2) is 46.9 Å². The monoisotopic (exact) mass is 830 g/mol. The van der Waals surface area contributed by atoms with Crippen LogP contribution in [0.1, 0.15) is 181 Å². The third-order valence-corrected chi connectivity index (χ3v) is 10.0. The quantitative estimate of drug-likeness (QED) is 0.0325. The summed E-state index contributed by atoms with van der Waals surface area (Å²) >= 11 is 0. The van der Waals surface area contributed by atoms with E-state index in [0.29, 0.717) is 19.3 Å². The van der Waals surface area contributed by atoms with Gasteiger partial charge in [-0.15, -0.1) is 0 Å². The molecule has 6 nitrogen and oxygen atoms in total. The van der Waals surface area contributed by atoms with Crippen molar-refractivity contribution in [2.45, 2.75) is 200 Å². The largest absolute Gasteiger partial charge is 0.462 e. The van der Waals surface area contributed by atoms with Gasteiger partial charge in [-0.1, -0.05) is 226 Å². The first-order valence-electron chi connectivity index (χ1n) is 23.9. The van der Waals surface area contributed by atoms with Gasteiger partial charge in [-0.05, 0) is 64.2 Å². The van der Waals surface area contributed by atoms with E-state index in [-0.39, 0.29) is 24.9 Å². The Balaban J connectivity index is 4.84. The van der Waals surface area contributed by atoms with Crippen LogP contribution in [0.15, 0.2) is 122 Å². The molecule has 0 aliphatic rings. The SMILES string of the molecule is CC/C=C/C=C/C=C\C=C/C=C/CCCCCC(=O)OC(CCCCC/C=C/C=C/C=C/C=C/C=C/CCC)CC(=O)NC(CO)C(O)CCCCCCCCCCCC. The molecule has 0 saturated heterocycles. The summed E-state index contributed by atoms with van der Waals surface area (Å²) in [5, 5.41) is 23.6. The van der Waals surface area contributed by atoms with Crippen molar-refractivity contribution in [3.05, 3.63) is 122 Å². The minimum absolute atomic E-state index is 0.0232. The topological polar surface area (TPSA) is 95.9 Å². The van der Waals surface area contributed by atoms with E-state index in [1.165, 1.54) is 44.9 Å². The van der Waals surface area contributed by atoms with Gasteiger partial charge in [-0.2, -0.15) is 0 Å². The van der Waals surface area contributed by atoms with Crippen LogP contribution >= 0.6 is 0 Å². The zero-order valence-corrected chi connectivity index (χ0v) is 38.3. The Morgan fingerprint density at radius 3 is 1.43 bits per heavy atom. The number of aliphatic hydroxyl groups is 2. The second kappa shape index (κ2) is 46.3. The molecule has 0 bridgehead atoms. The standard InChI is InChI=1S/C54H87NO5/c1-4-7-10-13-16-19-22-24-26-28-29-31-33-36-39-42-45-50(60-54(59)47-44-41-38-35-32-30-27-25-23-20-17-14-11-8-5-2)48-53(58)55-51(49-56)52(57)46-43-40-37-34-21-18-15-12-9-6-3/h8,10-11,13-14,16-17,19-20,22-32,50-52,56-57H,4-7,9,12,15,18,21,33-49H2,1-3H3,(H,55,58)/b11-8+,13-10+,17-14+,19-16+,23-20-,24-22+,27-25-,28-26+,31-29+,32-30+. The molecule has 1 amide bonds. The first kappa shape index (κ1) is 56.3. The average molecular weight is 830 g/mol. The van der Waals surface area contributed by atoms with Gasteiger partial charge in [0, 0.05) is 6.42 Å². The van der Waals surface area contributed by atoms with Gasteiger partial charge in [0.05, 0.1) is 25.2 Å². The molecule has 0 aromatic heterocycles. The molecule has 0 saturated carbocycles. The van der Waals surface area contributed by atoms with Crippen molar-refractivity contribution in [3.63, 3.8) is 0 Å². The number of aliphatic hydroxyl groups excluding tert-OH is 2. The molecule has 6 heteroatoms. The summed E-state index contributed by atoms with van der Waals surface area (Å²) in [6.07, 6.45) is 63.9. The first-order chi connectivity index (χ1) is 29.5. The number of carbonyl (C=O) groups excluding carboxylic acids is 2. The summed E-state index contributed by atoms with van der Waals surface area (Å²) in [5.74, 6) is -0.581. The Kier molecular flexibility index (Phi) is 43.4. The van der Waals surface area contributed by atoms with Crippen LogP contribution in [0.3, 0.4) is 0 Å². The fraction of sp³-hybridized carbons (Fsp3) is 0.593. The minimum Gasteiger partial charge on any atom is -0.462 e. The molecule has 0 aliphatic carbocycles. The Morgan fingerprint density at radius 2 is 0.933 bits per heavy atom. The Hall–Kier alpha value is -3.74. The van der Waals surface area contributed by atoms with Crippen LogP contribution in [0.25, 0.3) is 0 Å². The van der Waals surface area contributed by atoms with Crippen LogP contribution < -0.4 is 5.32 Å². The van der Waals surface area contributed by atoms with Gasteiger partial charge < -0.3 is 20.3 Å². The highest BCUT2D eigenvalue weighted by molar-refractivity contribution is 5.77. The van der Waals surface area contributed by atoms with Crippen LogP contribution in [0.5, 0.6) is 0 Å². The number of allylic oxidation sites excluding steroid dienone is 20. The number of carbonyl (C=O) groups is 2.